The summed E-state index contributed by atoms with van der Waals surface area (Å²) < 4.78 is 72.1. The third-order valence-corrected chi connectivity index (χ3v) is 3.70. The maximum absolute atomic E-state index is 14.4. The Balaban J connectivity index is 2.23. The van der Waals surface area contributed by atoms with Crippen molar-refractivity contribution in [3.8, 4) is 23.8 Å². The Hall–Kier alpha value is -3.36. The minimum atomic E-state index is -4.28. The van der Waals surface area contributed by atoms with Crippen LogP contribution in [0.5, 0.6) is 5.75 Å². The van der Waals surface area contributed by atoms with Crippen LogP contribution in [0.4, 0.5) is 27.6 Å². The van der Waals surface area contributed by atoms with Gasteiger partial charge in [-0.1, -0.05) is 5.92 Å². The average Bonchev–Trinajstić information content (AvgIpc) is 2.86. The molecule has 1 amide bonds. The molecule has 0 unspecified atom stereocenters. The molecule has 3 rings (SSSR count). The second-order valence-electron chi connectivity index (χ2n) is 5.37. The summed E-state index contributed by atoms with van der Waals surface area (Å²) in [5.74, 6) is -2.19. The van der Waals surface area contributed by atoms with Crippen LogP contribution in [0, 0.1) is 25.1 Å². The molecule has 0 saturated carbocycles. The molecule has 12 heteroatoms. The fraction of sp³-hybridized carbons (Fsp3) is 0.267. The van der Waals surface area contributed by atoms with E-state index in [0.29, 0.717) is 15.6 Å². The Morgan fingerprint density at radius 1 is 1.30 bits per heavy atom. The summed E-state index contributed by atoms with van der Waals surface area (Å²) in [4.78, 5) is 24.3. The quantitative estimate of drug-likeness (QED) is 0.594. The number of alkyl halides is 4. The van der Waals surface area contributed by atoms with Crippen LogP contribution in [0.3, 0.4) is 0 Å². The number of rotatable bonds is 3. The van der Waals surface area contributed by atoms with Gasteiger partial charge in [0.05, 0.1) is 12.2 Å². The SMILES string of the molecule is C#CCN1C(=O)C(F)(F)Oc2cc(F)c(-n3nc(C)n(C(F)F)c3=O)cc21. The lowest BCUT2D eigenvalue weighted by Crippen LogP contribution is -2.51. The largest absolute Gasteiger partial charge is 0.483 e. The molecule has 0 saturated heterocycles. The highest BCUT2D eigenvalue weighted by atomic mass is 19.3. The summed E-state index contributed by atoms with van der Waals surface area (Å²) >= 11 is 0. The minimum Gasteiger partial charge on any atom is -0.423 e. The number of benzene rings is 1. The number of carbonyl (C=O) groups is 1. The Morgan fingerprint density at radius 2 is 1.96 bits per heavy atom. The van der Waals surface area contributed by atoms with E-state index in [1.165, 1.54) is 0 Å². The summed E-state index contributed by atoms with van der Waals surface area (Å²) in [7, 11) is 0. The molecule has 2 heterocycles. The molecule has 0 radical (unpaired) electrons. The number of carbonyl (C=O) groups excluding carboxylic acids is 1. The van der Waals surface area contributed by atoms with Crippen molar-refractivity contribution in [1.82, 2.24) is 14.3 Å². The van der Waals surface area contributed by atoms with Crippen LogP contribution in [0.1, 0.15) is 12.4 Å². The van der Waals surface area contributed by atoms with Crippen molar-refractivity contribution < 1.29 is 31.5 Å². The lowest BCUT2D eigenvalue weighted by Gasteiger charge is -2.32. The van der Waals surface area contributed by atoms with E-state index >= 15 is 0 Å². The molecule has 27 heavy (non-hydrogen) atoms. The van der Waals surface area contributed by atoms with Gasteiger partial charge in [0.15, 0.2) is 11.6 Å². The summed E-state index contributed by atoms with van der Waals surface area (Å²) in [5.41, 5.74) is -2.38. The number of terminal acetylenes is 1. The van der Waals surface area contributed by atoms with E-state index in [-0.39, 0.29) is 10.3 Å². The molecular weight excluding hydrogens is 379 g/mol. The number of nitrogens with zero attached hydrogens (tertiary/aromatic N) is 4. The first-order valence-electron chi connectivity index (χ1n) is 7.21. The van der Waals surface area contributed by atoms with Crippen LogP contribution in [-0.2, 0) is 4.79 Å². The normalized spacial score (nSPS) is 15.5. The van der Waals surface area contributed by atoms with Crippen molar-refractivity contribution in [2.45, 2.75) is 19.6 Å². The highest BCUT2D eigenvalue weighted by Gasteiger charge is 2.50. The van der Waals surface area contributed by atoms with Crippen molar-refractivity contribution >= 4 is 11.6 Å². The monoisotopic (exact) mass is 388 g/mol. The Bertz CT molecular complexity index is 1040. The van der Waals surface area contributed by atoms with Gasteiger partial charge in [0.1, 0.15) is 11.5 Å². The van der Waals surface area contributed by atoms with Crippen molar-refractivity contribution in [1.29, 1.82) is 0 Å². The number of fused-ring (bicyclic) bond motifs is 1. The number of amides is 1. The van der Waals surface area contributed by atoms with Gasteiger partial charge in [-0.2, -0.15) is 22.2 Å². The molecule has 2 aromatic rings. The molecule has 7 nitrogen and oxygen atoms in total. The fourth-order valence-corrected chi connectivity index (χ4v) is 2.54. The van der Waals surface area contributed by atoms with Crippen molar-refractivity contribution in [3.63, 3.8) is 0 Å². The van der Waals surface area contributed by atoms with Crippen LogP contribution in [-0.4, -0.2) is 32.9 Å². The zero-order valence-corrected chi connectivity index (χ0v) is 13.4. The van der Waals surface area contributed by atoms with Gasteiger partial charge in [-0.3, -0.25) is 9.69 Å². The van der Waals surface area contributed by atoms with E-state index in [2.05, 4.69) is 9.84 Å². The lowest BCUT2D eigenvalue weighted by atomic mass is 10.2. The zero-order chi connectivity index (χ0) is 20.1. The van der Waals surface area contributed by atoms with Crippen molar-refractivity contribution in [2.75, 3.05) is 11.4 Å². The summed E-state index contributed by atoms with van der Waals surface area (Å²) in [5, 5.41) is 3.54. The fourth-order valence-electron chi connectivity index (χ4n) is 2.54. The first kappa shape index (κ1) is 18.4. The molecule has 0 spiro atoms. The van der Waals surface area contributed by atoms with Crippen LogP contribution < -0.4 is 15.3 Å². The molecule has 1 aliphatic heterocycles. The third-order valence-electron chi connectivity index (χ3n) is 3.70. The van der Waals surface area contributed by atoms with Crippen LogP contribution in [0.2, 0.25) is 0 Å². The zero-order valence-electron chi connectivity index (χ0n) is 13.4. The van der Waals surface area contributed by atoms with Gasteiger partial charge >= 0.3 is 24.3 Å². The van der Waals surface area contributed by atoms with Crippen molar-refractivity contribution in [3.05, 3.63) is 34.3 Å². The maximum atomic E-state index is 14.4. The predicted octanol–water partition coefficient (Wildman–Crippen LogP) is 1.83. The second-order valence-corrected chi connectivity index (χ2v) is 5.37. The van der Waals surface area contributed by atoms with E-state index in [1.54, 1.807) is 0 Å². The molecule has 0 N–H and O–H groups in total. The summed E-state index contributed by atoms with van der Waals surface area (Å²) in [6, 6.07) is 1.27. The standard InChI is InChI=1S/C15H9F5N4O3/c1-3-4-22-10-6-9(24-14(26)23(13(17)18)7(2)21-24)8(16)5-11(10)27-15(19,20)12(22)25/h1,5-6,13H,4H2,2H3. The van der Waals surface area contributed by atoms with Gasteiger partial charge in [0.25, 0.3) is 0 Å². The molecular formula is C15H9F5N4O3. The van der Waals surface area contributed by atoms with E-state index in [0.717, 1.165) is 13.0 Å². The van der Waals surface area contributed by atoms with Gasteiger partial charge in [0.2, 0.25) is 0 Å². The first-order valence-corrected chi connectivity index (χ1v) is 7.21. The highest BCUT2D eigenvalue weighted by Crippen LogP contribution is 2.41. The Morgan fingerprint density at radius 3 is 2.52 bits per heavy atom. The number of ether oxygens (including phenoxy) is 1. The van der Waals surface area contributed by atoms with Gasteiger partial charge < -0.3 is 4.74 Å². The minimum absolute atomic E-state index is 0.00784. The summed E-state index contributed by atoms with van der Waals surface area (Å²) in [6.45, 7) is -2.73. The number of halogens is 5. The molecule has 142 valence electrons. The Kier molecular flexibility index (Phi) is 4.17. The van der Waals surface area contributed by atoms with E-state index < -0.39 is 53.9 Å². The number of hydrogen-bond donors (Lipinski definition) is 0. The number of hydrogen-bond acceptors (Lipinski definition) is 4. The number of aromatic nitrogens is 3. The molecule has 0 atom stereocenters. The van der Waals surface area contributed by atoms with Gasteiger partial charge in [-0.25, -0.2) is 13.8 Å². The van der Waals surface area contributed by atoms with Gasteiger partial charge in [0, 0.05) is 6.07 Å². The maximum Gasteiger partial charge on any atom is 0.483 e. The van der Waals surface area contributed by atoms with E-state index in [9.17, 15) is 31.5 Å². The van der Waals surface area contributed by atoms with E-state index in [4.69, 9.17) is 6.42 Å². The molecule has 0 fully saturated rings. The molecule has 1 aromatic carbocycles. The summed E-state index contributed by atoms with van der Waals surface area (Å²) in [6.07, 6.45) is 0.794. The average molecular weight is 388 g/mol. The Labute approximate surface area is 147 Å². The van der Waals surface area contributed by atoms with Gasteiger partial charge in [-0.15, -0.1) is 11.5 Å². The first-order chi connectivity index (χ1) is 12.6. The van der Waals surface area contributed by atoms with Crippen LogP contribution in [0.25, 0.3) is 5.69 Å². The van der Waals surface area contributed by atoms with Crippen LogP contribution in [0.15, 0.2) is 16.9 Å². The van der Waals surface area contributed by atoms with Gasteiger partial charge in [-0.05, 0) is 13.0 Å². The van der Waals surface area contributed by atoms with E-state index in [1.807, 2.05) is 5.92 Å². The molecule has 0 bridgehead atoms. The number of anilines is 1. The topological polar surface area (TPSA) is 69.4 Å². The van der Waals surface area contributed by atoms with Crippen molar-refractivity contribution in [2.24, 2.45) is 0 Å². The highest BCUT2D eigenvalue weighted by molar-refractivity contribution is 6.01. The number of aryl methyl sites for hydroxylation is 1. The lowest BCUT2D eigenvalue weighted by molar-refractivity contribution is -0.192. The molecule has 1 aromatic heterocycles. The third kappa shape index (κ3) is 2.80. The molecule has 0 aliphatic carbocycles. The predicted molar refractivity (Wildman–Crippen MR) is 80.5 cm³/mol. The second kappa shape index (κ2) is 6.11. The molecule has 1 aliphatic rings. The smallest absolute Gasteiger partial charge is 0.423 e. The van der Waals surface area contributed by atoms with Crippen LogP contribution >= 0.6 is 0 Å².